The second kappa shape index (κ2) is 5.67. The highest BCUT2D eigenvalue weighted by molar-refractivity contribution is 6.01. The Morgan fingerprint density at radius 2 is 1.95 bits per heavy atom. The van der Waals surface area contributed by atoms with Gasteiger partial charge < -0.3 is 15.2 Å². The lowest BCUT2D eigenvalue weighted by Crippen LogP contribution is -2.37. The lowest BCUT2D eigenvalue weighted by molar-refractivity contribution is -0.129. The van der Waals surface area contributed by atoms with Crippen LogP contribution in [0.15, 0.2) is 36.4 Å². The van der Waals surface area contributed by atoms with Crippen molar-refractivity contribution in [2.24, 2.45) is 0 Å². The van der Waals surface area contributed by atoms with Crippen LogP contribution in [0.25, 0.3) is 10.8 Å². The monoisotopic (exact) mass is 299 g/mol. The molecule has 114 valence electrons. The van der Waals surface area contributed by atoms with Gasteiger partial charge in [0.1, 0.15) is 11.3 Å². The van der Waals surface area contributed by atoms with Crippen molar-refractivity contribution in [2.75, 3.05) is 0 Å². The minimum Gasteiger partial charge on any atom is -0.506 e. The van der Waals surface area contributed by atoms with Crippen LogP contribution in [-0.4, -0.2) is 29.1 Å². The van der Waals surface area contributed by atoms with E-state index in [2.05, 4.69) is 5.32 Å². The SMILES string of the molecule is CC(OC(=O)c1ccc2ccccc2c1O)C(=O)NC1CC1. The second-order valence-electron chi connectivity index (χ2n) is 5.51. The van der Waals surface area contributed by atoms with Crippen molar-refractivity contribution in [3.8, 4) is 5.75 Å². The highest BCUT2D eigenvalue weighted by atomic mass is 16.5. The molecule has 0 aliphatic heterocycles. The lowest BCUT2D eigenvalue weighted by atomic mass is 10.1. The quantitative estimate of drug-likeness (QED) is 0.850. The maximum Gasteiger partial charge on any atom is 0.342 e. The van der Waals surface area contributed by atoms with Gasteiger partial charge in [-0.15, -0.1) is 0 Å². The number of rotatable bonds is 4. The molecule has 1 saturated carbocycles. The molecule has 5 heteroatoms. The average molecular weight is 299 g/mol. The van der Waals surface area contributed by atoms with E-state index in [-0.39, 0.29) is 23.3 Å². The molecule has 0 aromatic heterocycles. The van der Waals surface area contributed by atoms with Gasteiger partial charge in [0.15, 0.2) is 6.10 Å². The molecule has 1 fully saturated rings. The van der Waals surface area contributed by atoms with Crippen LogP contribution in [-0.2, 0) is 9.53 Å². The molecule has 1 aliphatic rings. The Labute approximate surface area is 127 Å². The highest BCUT2D eigenvalue weighted by Crippen LogP contribution is 2.29. The summed E-state index contributed by atoms with van der Waals surface area (Å²) in [4.78, 5) is 24.0. The molecule has 5 nitrogen and oxygen atoms in total. The van der Waals surface area contributed by atoms with Crippen LogP contribution in [0.2, 0.25) is 0 Å². The van der Waals surface area contributed by atoms with Gasteiger partial charge in [-0.25, -0.2) is 4.79 Å². The van der Waals surface area contributed by atoms with E-state index in [1.165, 1.54) is 13.0 Å². The third kappa shape index (κ3) is 2.88. The minimum atomic E-state index is -0.890. The van der Waals surface area contributed by atoms with Crippen molar-refractivity contribution in [2.45, 2.75) is 31.9 Å². The van der Waals surface area contributed by atoms with E-state index in [1.807, 2.05) is 12.1 Å². The summed E-state index contributed by atoms with van der Waals surface area (Å²) in [6.07, 6.45) is 1.05. The Bertz CT molecular complexity index is 737. The molecule has 1 atom stereocenters. The fourth-order valence-corrected chi connectivity index (χ4v) is 2.24. The predicted molar refractivity (Wildman–Crippen MR) is 81.7 cm³/mol. The number of hydrogen-bond acceptors (Lipinski definition) is 4. The third-order valence-corrected chi connectivity index (χ3v) is 3.70. The summed E-state index contributed by atoms with van der Waals surface area (Å²) in [5, 5.41) is 14.4. The Morgan fingerprint density at radius 3 is 2.68 bits per heavy atom. The molecule has 1 unspecified atom stereocenters. The Hall–Kier alpha value is -2.56. The van der Waals surface area contributed by atoms with Gasteiger partial charge >= 0.3 is 5.97 Å². The summed E-state index contributed by atoms with van der Waals surface area (Å²) in [7, 11) is 0. The van der Waals surface area contributed by atoms with Crippen LogP contribution in [0.5, 0.6) is 5.75 Å². The molecule has 0 bridgehead atoms. The standard InChI is InChI=1S/C17H17NO4/c1-10(16(20)18-12-7-8-12)22-17(21)14-9-6-11-4-2-3-5-13(11)15(14)19/h2-6,9-10,12,19H,7-8H2,1H3,(H,18,20). The number of carbonyl (C=O) groups is 2. The van der Waals surface area contributed by atoms with Crippen molar-refractivity contribution in [1.82, 2.24) is 5.32 Å². The van der Waals surface area contributed by atoms with Gasteiger partial charge in [0.05, 0.1) is 0 Å². The number of aromatic hydroxyl groups is 1. The number of phenols is 1. The number of phenolic OH excluding ortho intramolecular Hbond substituents is 1. The van der Waals surface area contributed by atoms with Crippen molar-refractivity contribution < 1.29 is 19.4 Å². The molecule has 0 radical (unpaired) electrons. The molecule has 3 rings (SSSR count). The zero-order valence-corrected chi connectivity index (χ0v) is 12.2. The van der Waals surface area contributed by atoms with Crippen molar-refractivity contribution in [3.63, 3.8) is 0 Å². The number of amides is 1. The first-order valence-electron chi connectivity index (χ1n) is 7.28. The van der Waals surface area contributed by atoms with Gasteiger partial charge in [-0.05, 0) is 31.2 Å². The summed E-state index contributed by atoms with van der Waals surface area (Å²) < 4.78 is 5.15. The molecular weight excluding hydrogens is 282 g/mol. The molecule has 0 heterocycles. The maximum absolute atomic E-state index is 12.2. The van der Waals surface area contributed by atoms with Gasteiger partial charge in [-0.2, -0.15) is 0 Å². The zero-order valence-electron chi connectivity index (χ0n) is 12.2. The first-order chi connectivity index (χ1) is 10.6. The number of ether oxygens (including phenoxy) is 1. The number of hydrogen-bond donors (Lipinski definition) is 2. The predicted octanol–water partition coefficient (Wildman–Crippen LogP) is 2.37. The normalized spacial score (nSPS) is 15.3. The largest absolute Gasteiger partial charge is 0.506 e. The highest BCUT2D eigenvalue weighted by Gasteiger charge is 2.28. The van der Waals surface area contributed by atoms with E-state index in [0.717, 1.165) is 18.2 Å². The van der Waals surface area contributed by atoms with Gasteiger partial charge in [-0.1, -0.05) is 30.3 Å². The molecule has 0 saturated heterocycles. The van der Waals surface area contributed by atoms with Gasteiger partial charge in [-0.3, -0.25) is 4.79 Å². The number of fused-ring (bicyclic) bond motifs is 1. The van der Waals surface area contributed by atoms with Crippen molar-refractivity contribution in [3.05, 3.63) is 42.0 Å². The number of benzene rings is 2. The number of esters is 1. The summed E-state index contributed by atoms with van der Waals surface area (Å²) in [6, 6.07) is 10.7. The van der Waals surface area contributed by atoms with Crippen LogP contribution in [0.3, 0.4) is 0 Å². The molecular formula is C17H17NO4. The van der Waals surface area contributed by atoms with Crippen LogP contribution in [0.1, 0.15) is 30.1 Å². The van der Waals surface area contributed by atoms with Gasteiger partial charge in [0, 0.05) is 11.4 Å². The molecule has 0 spiro atoms. The first kappa shape index (κ1) is 14.4. The Morgan fingerprint density at radius 1 is 1.23 bits per heavy atom. The minimum absolute atomic E-state index is 0.0600. The van der Waals surface area contributed by atoms with Crippen LogP contribution >= 0.6 is 0 Å². The molecule has 1 amide bonds. The van der Waals surface area contributed by atoms with E-state index in [4.69, 9.17) is 4.74 Å². The number of carbonyl (C=O) groups excluding carboxylic acids is 2. The fourth-order valence-electron chi connectivity index (χ4n) is 2.24. The Balaban J connectivity index is 1.76. The zero-order chi connectivity index (χ0) is 15.7. The third-order valence-electron chi connectivity index (χ3n) is 3.70. The topological polar surface area (TPSA) is 75.6 Å². The molecule has 22 heavy (non-hydrogen) atoms. The lowest BCUT2D eigenvalue weighted by Gasteiger charge is -2.14. The average Bonchev–Trinajstić information content (AvgIpc) is 3.31. The molecule has 1 aliphatic carbocycles. The Kier molecular flexibility index (Phi) is 3.71. The van der Waals surface area contributed by atoms with Gasteiger partial charge in [0.25, 0.3) is 5.91 Å². The summed E-state index contributed by atoms with van der Waals surface area (Å²) in [5.41, 5.74) is 0.0600. The number of nitrogens with one attached hydrogen (secondary N) is 1. The maximum atomic E-state index is 12.2. The summed E-state index contributed by atoms with van der Waals surface area (Å²) in [5.74, 6) is -1.14. The van der Waals surface area contributed by atoms with E-state index >= 15 is 0 Å². The van der Waals surface area contributed by atoms with Crippen molar-refractivity contribution >= 4 is 22.6 Å². The fraction of sp³-hybridized carbons (Fsp3) is 0.294. The van der Waals surface area contributed by atoms with E-state index in [1.54, 1.807) is 18.2 Å². The van der Waals surface area contributed by atoms with Crippen LogP contribution < -0.4 is 5.32 Å². The first-order valence-corrected chi connectivity index (χ1v) is 7.28. The summed E-state index contributed by atoms with van der Waals surface area (Å²) in [6.45, 7) is 1.52. The second-order valence-corrected chi connectivity index (χ2v) is 5.51. The molecule has 2 aromatic rings. The summed E-state index contributed by atoms with van der Waals surface area (Å²) >= 11 is 0. The van der Waals surface area contributed by atoms with Crippen molar-refractivity contribution in [1.29, 1.82) is 0 Å². The van der Waals surface area contributed by atoms with Crippen LogP contribution in [0, 0.1) is 0 Å². The molecule has 2 aromatic carbocycles. The smallest absolute Gasteiger partial charge is 0.342 e. The van der Waals surface area contributed by atoms with E-state index in [0.29, 0.717) is 5.39 Å². The van der Waals surface area contributed by atoms with Crippen LogP contribution in [0.4, 0.5) is 0 Å². The van der Waals surface area contributed by atoms with E-state index < -0.39 is 12.1 Å². The van der Waals surface area contributed by atoms with Gasteiger partial charge in [0.2, 0.25) is 0 Å². The molecule has 2 N–H and O–H groups in total. The van der Waals surface area contributed by atoms with E-state index in [9.17, 15) is 14.7 Å².